The molecule has 1 saturated carbocycles. The molecule has 3 rings (SSSR count). The van der Waals surface area contributed by atoms with Crippen LogP contribution in [0.15, 0.2) is 18.2 Å². The lowest BCUT2D eigenvalue weighted by Gasteiger charge is -2.17. The minimum absolute atomic E-state index is 0.0519. The van der Waals surface area contributed by atoms with Gasteiger partial charge in [0.1, 0.15) is 0 Å². The van der Waals surface area contributed by atoms with Gasteiger partial charge in [0.05, 0.1) is 18.4 Å². The summed E-state index contributed by atoms with van der Waals surface area (Å²) in [4.78, 5) is 25.0. The van der Waals surface area contributed by atoms with Crippen molar-refractivity contribution in [2.45, 2.75) is 19.5 Å². The van der Waals surface area contributed by atoms with Crippen LogP contribution in [0.1, 0.15) is 17.5 Å². The molecule has 18 heavy (non-hydrogen) atoms. The van der Waals surface area contributed by atoms with E-state index in [1.807, 2.05) is 12.1 Å². The maximum atomic E-state index is 11.8. The van der Waals surface area contributed by atoms with Gasteiger partial charge >= 0.3 is 0 Å². The number of amides is 2. The molecule has 2 unspecified atom stereocenters. The zero-order chi connectivity index (χ0) is 12.9. The minimum atomic E-state index is -0.0559. The Morgan fingerprint density at radius 1 is 1.28 bits per heavy atom. The highest BCUT2D eigenvalue weighted by Crippen LogP contribution is 2.47. The first kappa shape index (κ1) is 11.7. The van der Waals surface area contributed by atoms with E-state index in [4.69, 9.17) is 17.3 Å². The molecule has 1 heterocycles. The van der Waals surface area contributed by atoms with Crippen LogP contribution >= 0.6 is 11.6 Å². The van der Waals surface area contributed by atoms with Crippen LogP contribution < -0.4 is 5.73 Å². The number of nitrogens with two attached hydrogens (primary N) is 1. The average Bonchev–Trinajstić information content (AvgIpc) is 3.11. The van der Waals surface area contributed by atoms with Crippen LogP contribution in [-0.2, 0) is 22.7 Å². The van der Waals surface area contributed by atoms with Crippen LogP contribution in [0.25, 0.3) is 0 Å². The van der Waals surface area contributed by atoms with Gasteiger partial charge in [-0.25, -0.2) is 0 Å². The number of likely N-dealkylation sites (tertiary alicyclic amines) is 1. The largest absolute Gasteiger partial charge is 0.326 e. The van der Waals surface area contributed by atoms with Gasteiger partial charge in [-0.05, 0) is 23.6 Å². The normalized spacial score (nSPS) is 25.6. The van der Waals surface area contributed by atoms with Crippen molar-refractivity contribution in [1.29, 1.82) is 0 Å². The number of carbonyl (C=O) groups excluding carboxylic acids is 2. The summed E-state index contributed by atoms with van der Waals surface area (Å²) in [5, 5.41) is 0.555. The van der Waals surface area contributed by atoms with E-state index in [0.29, 0.717) is 11.6 Å². The van der Waals surface area contributed by atoms with Gasteiger partial charge in [0, 0.05) is 11.6 Å². The topological polar surface area (TPSA) is 63.4 Å². The molecule has 2 N–H and O–H groups in total. The van der Waals surface area contributed by atoms with Crippen molar-refractivity contribution in [1.82, 2.24) is 4.90 Å². The maximum absolute atomic E-state index is 11.8. The Labute approximate surface area is 110 Å². The Bertz CT molecular complexity index is 524. The molecule has 2 fully saturated rings. The van der Waals surface area contributed by atoms with E-state index in [-0.39, 0.29) is 30.2 Å². The Morgan fingerprint density at radius 2 is 1.94 bits per heavy atom. The van der Waals surface area contributed by atoms with E-state index in [1.54, 1.807) is 6.07 Å². The Balaban J connectivity index is 1.81. The molecule has 1 aliphatic carbocycles. The Morgan fingerprint density at radius 3 is 2.50 bits per heavy atom. The second kappa shape index (κ2) is 4.07. The number of piperidine rings is 1. The van der Waals surface area contributed by atoms with Crippen molar-refractivity contribution >= 4 is 23.4 Å². The highest BCUT2D eigenvalue weighted by Gasteiger charge is 2.58. The second-order valence-corrected chi connectivity index (χ2v) is 5.25. The summed E-state index contributed by atoms with van der Waals surface area (Å²) in [7, 11) is 0. The third-order valence-corrected chi connectivity index (χ3v) is 3.99. The molecular weight excluding hydrogens is 252 g/mol. The summed E-state index contributed by atoms with van der Waals surface area (Å²) in [6.07, 6.45) is 0.730. The maximum Gasteiger partial charge on any atom is 0.233 e. The molecule has 2 aliphatic rings. The van der Waals surface area contributed by atoms with Gasteiger partial charge < -0.3 is 5.73 Å². The molecule has 0 spiro atoms. The molecule has 0 radical (unpaired) electrons. The number of benzene rings is 1. The summed E-state index contributed by atoms with van der Waals surface area (Å²) < 4.78 is 0. The van der Waals surface area contributed by atoms with Crippen molar-refractivity contribution in [3.8, 4) is 0 Å². The summed E-state index contributed by atoms with van der Waals surface area (Å²) in [6, 6.07) is 5.48. The first-order valence-electron chi connectivity index (χ1n) is 5.94. The van der Waals surface area contributed by atoms with E-state index in [0.717, 1.165) is 17.5 Å². The molecule has 5 heteroatoms. The minimum Gasteiger partial charge on any atom is -0.326 e. The molecule has 1 aromatic carbocycles. The predicted molar refractivity (Wildman–Crippen MR) is 66.5 cm³/mol. The average molecular weight is 265 g/mol. The predicted octanol–water partition coefficient (Wildman–Crippen LogP) is 1.30. The van der Waals surface area contributed by atoms with Crippen LogP contribution in [0, 0.1) is 11.8 Å². The van der Waals surface area contributed by atoms with Crippen LogP contribution in [0.2, 0.25) is 5.02 Å². The molecule has 2 amide bonds. The van der Waals surface area contributed by atoms with Crippen LogP contribution in [0.5, 0.6) is 0 Å². The zero-order valence-electron chi connectivity index (χ0n) is 9.73. The summed E-state index contributed by atoms with van der Waals surface area (Å²) >= 11 is 6.12. The summed E-state index contributed by atoms with van der Waals surface area (Å²) in [5.41, 5.74) is 7.25. The number of nitrogens with zero attached hydrogens (tertiary/aromatic N) is 1. The lowest BCUT2D eigenvalue weighted by Crippen LogP contribution is -2.32. The van der Waals surface area contributed by atoms with Crippen LogP contribution in [0.3, 0.4) is 0 Å². The molecule has 0 aromatic heterocycles. The van der Waals surface area contributed by atoms with Gasteiger partial charge in [0.15, 0.2) is 0 Å². The lowest BCUT2D eigenvalue weighted by molar-refractivity contribution is -0.142. The van der Waals surface area contributed by atoms with Crippen molar-refractivity contribution < 1.29 is 9.59 Å². The lowest BCUT2D eigenvalue weighted by atomic mass is 10.1. The highest BCUT2D eigenvalue weighted by atomic mass is 35.5. The van der Waals surface area contributed by atoms with Gasteiger partial charge in [-0.2, -0.15) is 0 Å². The fourth-order valence-electron chi connectivity index (χ4n) is 2.42. The van der Waals surface area contributed by atoms with E-state index < -0.39 is 0 Å². The third-order valence-electron chi connectivity index (χ3n) is 3.64. The van der Waals surface area contributed by atoms with Crippen molar-refractivity contribution in [3.05, 3.63) is 34.3 Å². The number of imide groups is 1. The number of carbonyl (C=O) groups is 2. The van der Waals surface area contributed by atoms with Gasteiger partial charge in [0.2, 0.25) is 11.8 Å². The van der Waals surface area contributed by atoms with E-state index in [1.165, 1.54) is 4.90 Å². The quantitative estimate of drug-likeness (QED) is 0.837. The molecule has 0 bridgehead atoms. The molecule has 94 valence electrons. The van der Waals surface area contributed by atoms with Crippen LogP contribution in [0.4, 0.5) is 0 Å². The molecule has 1 aromatic rings. The smallest absolute Gasteiger partial charge is 0.233 e. The standard InChI is InChI=1S/C13H13ClN2O2/c14-11-3-7(5-15)1-2-8(11)6-16-12(17)9-4-10(9)13(16)18/h1-3,9-10H,4-6,15H2. The first-order chi connectivity index (χ1) is 8.61. The fraction of sp³-hybridized carbons (Fsp3) is 0.385. The van der Waals surface area contributed by atoms with Crippen molar-refractivity contribution in [3.63, 3.8) is 0 Å². The van der Waals surface area contributed by atoms with Gasteiger partial charge in [-0.1, -0.05) is 23.7 Å². The van der Waals surface area contributed by atoms with Crippen molar-refractivity contribution in [2.75, 3.05) is 0 Å². The van der Waals surface area contributed by atoms with Gasteiger partial charge in [-0.3, -0.25) is 14.5 Å². The van der Waals surface area contributed by atoms with E-state index in [9.17, 15) is 9.59 Å². The zero-order valence-corrected chi connectivity index (χ0v) is 10.5. The van der Waals surface area contributed by atoms with Crippen molar-refractivity contribution in [2.24, 2.45) is 17.6 Å². The van der Waals surface area contributed by atoms with Crippen LogP contribution in [-0.4, -0.2) is 16.7 Å². The molecule has 1 saturated heterocycles. The Kier molecular flexibility index (Phi) is 2.64. The molecule has 1 aliphatic heterocycles. The third kappa shape index (κ3) is 1.72. The number of hydrogen-bond donors (Lipinski definition) is 1. The van der Waals surface area contributed by atoms with Gasteiger partial charge in [-0.15, -0.1) is 0 Å². The molecule has 2 atom stereocenters. The summed E-state index contributed by atoms with van der Waals surface area (Å²) in [5.74, 6) is -0.216. The van der Waals surface area contributed by atoms with Gasteiger partial charge in [0.25, 0.3) is 0 Å². The van der Waals surface area contributed by atoms with E-state index >= 15 is 0 Å². The number of fused-ring (bicyclic) bond motifs is 1. The number of halogens is 1. The molecular formula is C13H13ClN2O2. The summed E-state index contributed by atoms with van der Waals surface area (Å²) in [6.45, 7) is 0.695. The first-order valence-corrected chi connectivity index (χ1v) is 6.32. The SMILES string of the molecule is NCc1ccc(CN2C(=O)C3CC3C2=O)c(Cl)c1. The number of rotatable bonds is 3. The highest BCUT2D eigenvalue weighted by molar-refractivity contribution is 6.31. The van der Waals surface area contributed by atoms with E-state index in [2.05, 4.69) is 0 Å². The fourth-order valence-corrected chi connectivity index (χ4v) is 2.68. The Hall–Kier alpha value is -1.39. The molecule has 4 nitrogen and oxygen atoms in total. The number of hydrogen-bond acceptors (Lipinski definition) is 3. The second-order valence-electron chi connectivity index (χ2n) is 4.84. The monoisotopic (exact) mass is 264 g/mol.